The molecule has 2 heterocycles. The van der Waals surface area contributed by atoms with Crippen LogP contribution in [0, 0.1) is 5.95 Å². The van der Waals surface area contributed by atoms with E-state index in [-0.39, 0.29) is 42.3 Å². The Kier molecular flexibility index (Phi) is 4.17. The van der Waals surface area contributed by atoms with E-state index in [1.807, 2.05) is 0 Å². The van der Waals surface area contributed by atoms with Crippen LogP contribution in [0.2, 0.25) is 0 Å². The van der Waals surface area contributed by atoms with Crippen molar-refractivity contribution in [3.8, 4) is 11.6 Å². The molecule has 1 unspecified atom stereocenters. The zero-order valence-electron chi connectivity index (χ0n) is 12.7. The van der Waals surface area contributed by atoms with Crippen molar-refractivity contribution in [1.82, 2.24) is 9.97 Å². The monoisotopic (exact) mass is 336 g/mol. The predicted octanol–water partition coefficient (Wildman–Crippen LogP) is 3.71. The molecule has 0 bridgehead atoms. The number of aromatic nitrogens is 2. The van der Waals surface area contributed by atoms with Gasteiger partial charge in [-0.05, 0) is 30.5 Å². The van der Waals surface area contributed by atoms with Gasteiger partial charge >= 0.3 is 0 Å². The number of hydrogen-bond donors (Lipinski definition) is 1. The highest BCUT2D eigenvalue weighted by atomic mass is 19.3. The minimum absolute atomic E-state index is 0.0387. The molecular weight excluding hydrogens is 321 g/mol. The maximum absolute atomic E-state index is 14.9. The van der Waals surface area contributed by atoms with E-state index in [1.54, 1.807) is 0 Å². The number of ether oxygens (including phenoxy) is 1. The van der Waals surface area contributed by atoms with Crippen molar-refractivity contribution < 1.29 is 23.0 Å². The highest BCUT2D eigenvalue weighted by Crippen LogP contribution is 2.50. The summed E-state index contributed by atoms with van der Waals surface area (Å²) in [6, 6.07) is 3.96. The lowest BCUT2D eigenvalue weighted by atomic mass is 9.79. The molecule has 4 nitrogen and oxygen atoms in total. The molecule has 2 aromatic rings. The van der Waals surface area contributed by atoms with Crippen LogP contribution in [0.3, 0.4) is 0 Å². The Labute approximate surface area is 136 Å². The third kappa shape index (κ3) is 2.81. The molecule has 0 fully saturated rings. The molecule has 2 aromatic heterocycles. The number of pyridine rings is 2. The lowest BCUT2D eigenvalue weighted by Crippen LogP contribution is -2.32. The predicted molar refractivity (Wildman–Crippen MR) is 80.7 cm³/mol. The van der Waals surface area contributed by atoms with Crippen LogP contribution in [-0.4, -0.2) is 21.7 Å². The quantitative estimate of drug-likeness (QED) is 0.683. The number of fused-ring (bicyclic) bond motifs is 1. The zero-order valence-corrected chi connectivity index (χ0v) is 12.7. The Bertz CT molecular complexity index is 763. The molecule has 24 heavy (non-hydrogen) atoms. The van der Waals surface area contributed by atoms with Crippen LogP contribution in [0.5, 0.6) is 11.6 Å². The minimum Gasteiger partial charge on any atom is -0.506 e. The first-order valence-corrected chi connectivity index (χ1v) is 7.39. The second kappa shape index (κ2) is 6.14. The van der Waals surface area contributed by atoms with Crippen LogP contribution < -0.4 is 4.74 Å². The lowest BCUT2D eigenvalue weighted by Gasteiger charge is -2.33. The van der Waals surface area contributed by atoms with E-state index in [0.717, 1.165) is 6.20 Å². The van der Waals surface area contributed by atoms with Crippen molar-refractivity contribution in [2.45, 2.75) is 24.7 Å². The number of nitrogens with zero attached hydrogens (tertiary/aromatic N) is 2. The summed E-state index contributed by atoms with van der Waals surface area (Å²) < 4.78 is 49.1. The van der Waals surface area contributed by atoms with Gasteiger partial charge in [-0.1, -0.05) is 12.7 Å². The smallest absolute Gasteiger partial charge is 0.286 e. The zero-order chi connectivity index (χ0) is 17.3. The molecule has 0 saturated heterocycles. The Morgan fingerprint density at radius 1 is 1.42 bits per heavy atom. The SMILES string of the molecule is C=CCOc1cc2c(c(F)n1)C(F)(F)C(c1ccc(O)cn1)CC2. The van der Waals surface area contributed by atoms with Crippen molar-refractivity contribution in [2.75, 3.05) is 6.61 Å². The van der Waals surface area contributed by atoms with Crippen LogP contribution >= 0.6 is 0 Å². The van der Waals surface area contributed by atoms with Gasteiger partial charge in [0.05, 0.1) is 23.4 Å². The molecule has 3 rings (SSSR count). The van der Waals surface area contributed by atoms with Gasteiger partial charge in [0.25, 0.3) is 5.92 Å². The van der Waals surface area contributed by atoms with Gasteiger partial charge < -0.3 is 9.84 Å². The Morgan fingerprint density at radius 3 is 2.88 bits per heavy atom. The van der Waals surface area contributed by atoms with E-state index < -0.39 is 23.4 Å². The average Bonchev–Trinajstić information content (AvgIpc) is 2.53. The summed E-state index contributed by atoms with van der Waals surface area (Å²) in [5, 5.41) is 9.25. The first-order valence-electron chi connectivity index (χ1n) is 7.39. The highest BCUT2D eigenvalue weighted by molar-refractivity contribution is 5.39. The molecule has 0 spiro atoms. The number of hydrogen-bond acceptors (Lipinski definition) is 4. The molecule has 0 amide bonds. The van der Waals surface area contributed by atoms with Crippen molar-refractivity contribution in [2.24, 2.45) is 0 Å². The maximum Gasteiger partial charge on any atom is 0.286 e. The largest absolute Gasteiger partial charge is 0.506 e. The fourth-order valence-corrected chi connectivity index (χ4v) is 2.90. The molecule has 0 radical (unpaired) electrons. The normalized spacial score (nSPS) is 18.7. The summed E-state index contributed by atoms with van der Waals surface area (Å²) in [6.45, 7) is 3.58. The number of halogens is 3. The second-order valence-electron chi connectivity index (χ2n) is 5.54. The molecule has 0 aliphatic heterocycles. The average molecular weight is 336 g/mol. The molecule has 7 heteroatoms. The van der Waals surface area contributed by atoms with Gasteiger partial charge in [0.1, 0.15) is 12.4 Å². The maximum atomic E-state index is 14.9. The fourth-order valence-electron chi connectivity index (χ4n) is 2.90. The molecule has 1 N–H and O–H groups in total. The molecule has 1 aliphatic carbocycles. The Balaban J connectivity index is 2.00. The standard InChI is InChI=1S/C17H15F3N2O2/c1-2-7-24-14-8-10-3-5-12(13-6-4-11(23)9-21-13)17(19,20)15(10)16(18)22-14/h2,4,6,8-9,12,23H,1,3,5,7H2. The van der Waals surface area contributed by atoms with Crippen LogP contribution in [0.25, 0.3) is 0 Å². The topological polar surface area (TPSA) is 55.2 Å². The van der Waals surface area contributed by atoms with Crippen molar-refractivity contribution in [3.63, 3.8) is 0 Å². The summed E-state index contributed by atoms with van der Waals surface area (Å²) in [5.41, 5.74) is -0.420. The van der Waals surface area contributed by atoms with Gasteiger partial charge in [0.2, 0.25) is 11.8 Å². The van der Waals surface area contributed by atoms with Crippen LogP contribution in [0.1, 0.15) is 29.2 Å². The van der Waals surface area contributed by atoms with E-state index in [2.05, 4.69) is 16.5 Å². The van der Waals surface area contributed by atoms with E-state index in [4.69, 9.17) is 4.74 Å². The summed E-state index contributed by atoms with van der Waals surface area (Å²) >= 11 is 0. The van der Waals surface area contributed by atoms with E-state index >= 15 is 0 Å². The molecule has 0 aromatic carbocycles. The third-order valence-corrected chi connectivity index (χ3v) is 3.98. The summed E-state index contributed by atoms with van der Waals surface area (Å²) in [5.74, 6) is -6.12. The van der Waals surface area contributed by atoms with E-state index in [1.165, 1.54) is 24.3 Å². The number of alkyl halides is 2. The molecular formula is C17H15F3N2O2. The van der Waals surface area contributed by atoms with Crippen molar-refractivity contribution in [1.29, 1.82) is 0 Å². The summed E-state index contributed by atoms with van der Waals surface area (Å²) in [6.07, 6.45) is 2.91. The van der Waals surface area contributed by atoms with Crippen LogP contribution in [0.15, 0.2) is 37.1 Å². The first kappa shape index (κ1) is 16.3. The van der Waals surface area contributed by atoms with Crippen LogP contribution in [0.4, 0.5) is 13.2 Å². The molecule has 1 atom stereocenters. The molecule has 0 saturated carbocycles. The number of rotatable bonds is 4. The van der Waals surface area contributed by atoms with Crippen molar-refractivity contribution in [3.05, 3.63) is 59.8 Å². The molecule has 1 aliphatic rings. The van der Waals surface area contributed by atoms with Gasteiger partial charge in [-0.25, -0.2) is 8.78 Å². The number of aryl methyl sites for hydroxylation is 1. The van der Waals surface area contributed by atoms with Gasteiger partial charge in [0, 0.05) is 6.07 Å². The summed E-state index contributed by atoms with van der Waals surface area (Å²) in [7, 11) is 0. The fraction of sp³-hybridized carbons (Fsp3) is 0.294. The molecule has 126 valence electrons. The van der Waals surface area contributed by atoms with Gasteiger partial charge in [-0.15, -0.1) is 0 Å². The first-order chi connectivity index (χ1) is 11.4. The Hall–Kier alpha value is -2.57. The second-order valence-corrected chi connectivity index (χ2v) is 5.54. The van der Waals surface area contributed by atoms with E-state index in [0.29, 0.717) is 0 Å². The summed E-state index contributed by atoms with van der Waals surface area (Å²) in [4.78, 5) is 7.33. The number of aromatic hydroxyl groups is 1. The lowest BCUT2D eigenvalue weighted by molar-refractivity contribution is -0.0488. The van der Waals surface area contributed by atoms with Gasteiger partial charge in [-0.2, -0.15) is 9.37 Å². The van der Waals surface area contributed by atoms with Gasteiger partial charge in [-0.3, -0.25) is 4.98 Å². The van der Waals surface area contributed by atoms with Gasteiger partial charge in [0.15, 0.2) is 0 Å². The Morgan fingerprint density at radius 2 is 2.21 bits per heavy atom. The van der Waals surface area contributed by atoms with E-state index in [9.17, 15) is 18.3 Å². The highest BCUT2D eigenvalue weighted by Gasteiger charge is 2.49. The minimum atomic E-state index is -3.45. The third-order valence-electron chi connectivity index (χ3n) is 3.98. The van der Waals surface area contributed by atoms with Crippen molar-refractivity contribution >= 4 is 0 Å². The van der Waals surface area contributed by atoms with Crippen LogP contribution in [-0.2, 0) is 12.3 Å².